The fourth-order valence-electron chi connectivity index (χ4n) is 9.66. The molecule has 0 spiro atoms. The van der Waals surface area contributed by atoms with Crippen LogP contribution in [0, 0.1) is 0 Å². The van der Waals surface area contributed by atoms with Crippen molar-refractivity contribution < 1.29 is 0 Å². The van der Waals surface area contributed by atoms with Crippen LogP contribution in [-0.2, 0) is 0 Å². The van der Waals surface area contributed by atoms with E-state index in [1.54, 1.807) is 0 Å². The first kappa shape index (κ1) is 39.8. The summed E-state index contributed by atoms with van der Waals surface area (Å²) in [4.78, 5) is 15.9. The van der Waals surface area contributed by atoms with Crippen molar-refractivity contribution in [3.63, 3.8) is 0 Å². The molecule has 0 N–H and O–H groups in total. The predicted molar refractivity (Wildman–Crippen MR) is 284 cm³/mol. The van der Waals surface area contributed by atoms with E-state index in [2.05, 4.69) is 243 Å². The van der Waals surface area contributed by atoms with Crippen molar-refractivity contribution in [2.24, 2.45) is 0 Å². The van der Waals surface area contributed by atoms with Gasteiger partial charge in [0, 0.05) is 38.4 Å². The fraction of sp³-hybridized carbons (Fsp3) is 0.0156. The monoisotopic (exact) mass is 853 g/mol. The van der Waals surface area contributed by atoms with Crippen LogP contribution in [0.5, 0.6) is 0 Å². The molecule has 0 fully saturated rings. The first-order chi connectivity index (χ1) is 33.1. The van der Waals surface area contributed by atoms with Crippen LogP contribution in [0.2, 0.25) is 0 Å². The highest BCUT2D eigenvalue weighted by Gasteiger charge is 2.17. The highest BCUT2D eigenvalue weighted by atomic mass is 14.9. The highest BCUT2D eigenvalue weighted by Crippen LogP contribution is 2.40. The number of hydrogen-bond acceptors (Lipinski definition) is 3. The third-order valence-corrected chi connectivity index (χ3v) is 13.0. The van der Waals surface area contributed by atoms with Crippen molar-refractivity contribution in [2.45, 2.75) is 6.92 Å². The van der Waals surface area contributed by atoms with Crippen LogP contribution in [0.3, 0.4) is 0 Å². The van der Waals surface area contributed by atoms with Crippen molar-refractivity contribution in [1.29, 1.82) is 0 Å². The largest absolute Gasteiger partial charge is 0.247 e. The van der Waals surface area contributed by atoms with Gasteiger partial charge in [-0.1, -0.05) is 212 Å². The summed E-state index contributed by atoms with van der Waals surface area (Å²) in [6.45, 7) is 2.05. The van der Waals surface area contributed by atoms with Crippen LogP contribution in [0.25, 0.3) is 127 Å². The molecule has 0 unspecified atom stereocenters. The molecule has 0 aliphatic carbocycles. The van der Waals surface area contributed by atoms with E-state index in [0.717, 1.165) is 94.2 Å². The van der Waals surface area contributed by atoms with Crippen LogP contribution < -0.4 is 0 Å². The van der Waals surface area contributed by atoms with Crippen LogP contribution in [0.1, 0.15) is 12.5 Å². The molecule has 2 heterocycles. The number of hydrogen-bond donors (Lipinski definition) is 0. The lowest BCUT2D eigenvalue weighted by Gasteiger charge is -2.15. The van der Waals surface area contributed by atoms with Gasteiger partial charge in [0.05, 0.1) is 22.6 Å². The molecule has 12 rings (SSSR count). The summed E-state index contributed by atoms with van der Waals surface area (Å²) in [6.07, 6.45) is 8.51. The number of pyridine rings is 1. The zero-order chi connectivity index (χ0) is 44.7. The van der Waals surface area contributed by atoms with Crippen LogP contribution in [0.4, 0.5) is 0 Å². The zero-order valence-corrected chi connectivity index (χ0v) is 36.9. The van der Waals surface area contributed by atoms with E-state index < -0.39 is 0 Å². The summed E-state index contributed by atoms with van der Waals surface area (Å²) in [5.74, 6) is 0.691. The Balaban J connectivity index is 0.936. The van der Waals surface area contributed by atoms with Crippen LogP contribution in [-0.4, -0.2) is 15.0 Å². The van der Waals surface area contributed by atoms with Gasteiger partial charge in [-0.25, -0.2) is 15.0 Å². The molecule has 0 radical (unpaired) electrons. The van der Waals surface area contributed by atoms with Crippen molar-refractivity contribution in [3.05, 3.63) is 242 Å². The van der Waals surface area contributed by atoms with Crippen molar-refractivity contribution in [1.82, 2.24) is 15.0 Å². The molecule has 67 heavy (non-hydrogen) atoms. The molecule has 0 atom stereocenters. The third kappa shape index (κ3) is 7.43. The molecule has 0 aliphatic rings. The van der Waals surface area contributed by atoms with Gasteiger partial charge in [0.2, 0.25) is 0 Å². The molecule has 3 heteroatoms. The Labute approximate surface area is 389 Å². The molecule has 3 nitrogen and oxygen atoms in total. The minimum Gasteiger partial charge on any atom is -0.247 e. The van der Waals surface area contributed by atoms with Gasteiger partial charge in [0.25, 0.3) is 0 Å². The van der Waals surface area contributed by atoms with Gasteiger partial charge in [0.1, 0.15) is 0 Å². The van der Waals surface area contributed by atoms with Gasteiger partial charge < -0.3 is 0 Å². The van der Waals surface area contributed by atoms with E-state index in [4.69, 9.17) is 15.0 Å². The second kappa shape index (κ2) is 17.0. The standard InChI is InChI=1S/C64H43N3/c1-2-3-4-19-50-39-52(40-58-62(50)57-24-11-12-27-59(57)65-63(58)51-37-34-42-15-5-6-18-49(42)38-51)45-30-28-43(29-31-45)44-32-35-48(36-33-44)64-66-60(55-25-13-20-46-16-7-9-22-53(46)55)41-61(67-64)56-26-14-21-47-17-8-10-23-54(47)56/h2-41H,1H3/b3-2-,19-4-. The van der Waals surface area contributed by atoms with Gasteiger partial charge in [-0.2, -0.15) is 0 Å². The lowest BCUT2D eigenvalue weighted by atomic mass is 9.91. The summed E-state index contributed by atoms with van der Waals surface area (Å²) in [7, 11) is 0. The Hall–Kier alpha value is -8.79. The Morgan fingerprint density at radius 2 is 0.866 bits per heavy atom. The number of fused-ring (bicyclic) bond motifs is 6. The number of benzene rings is 10. The van der Waals surface area contributed by atoms with E-state index in [0.29, 0.717) is 5.82 Å². The molecule has 0 saturated heterocycles. The normalized spacial score (nSPS) is 11.8. The Bertz CT molecular complexity index is 3810. The Morgan fingerprint density at radius 1 is 0.343 bits per heavy atom. The number of para-hydroxylation sites is 1. The van der Waals surface area contributed by atoms with E-state index in [1.807, 2.05) is 6.92 Å². The zero-order valence-electron chi connectivity index (χ0n) is 36.9. The Kier molecular flexibility index (Phi) is 10.1. The van der Waals surface area contributed by atoms with Crippen molar-refractivity contribution in [3.8, 4) is 67.4 Å². The van der Waals surface area contributed by atoms with Crippen molar-refractivity contribution in [2.75, 3.05) is 0 Å². The maximum Gasteiger partial charge on any atom is 0.160 e. The first-order valence-electron chi connectivity index (χ1n) is 22.9. The molecule has 314 valence electrons. The average molecular weight is 854 g/mol. The molecule has 0 saturated carbocycles. The molecular formula is C64H43N3. The molecule has 0 aliphatic heterocycles. The minimum atomic E-state index is 0.691. The second-order valence-electron chi connectivity index (χ2n) is 17.1. The molecule has 10 aromatic carbocycles. The van der Waals surface area contributed by atoms with E-state index >= 15 is 0 Å². The summed E-state index contributed by atoms with van der Waals surface area (Å²) >= 11 is 0. The maximum atomic E-state index is 5.35. The topological polar surface area (TPSA) is 38.7 Å². The summed E-state index contributed by atoms with van der Waals surface area (Å²) < 4.78 is 0. The first-order valence-corrected chi connectivity index (χ1v) is 22.9. The molecule has 0 bridgehead atoms. The molecule has 0 amide bonds. The quantitative estimate of drug-likeness (QED) is 0.113. The average Bonchev–Trinajstić information content (AvgIpc) is 3.40. The van der Waals surface area contributed by atoms with E-state index in [1.165, 1.54) is 26.9 Å². The summed E-state index contributed by atoms with van der Waals surface area (Å²) in [5.41, 5.74) is 13.7. The Morgan fingerprint density at radius 3 is 1.51 bits per heavy atom. The van der Waals surface area contributed by atoms with Crippen molar-refractivity contribution >= 4 is 60.1 Å². The van der Waals surface area contributed by atoms with Gasteiger partial charge in [-0.05, 0) is 97.4 Å². The minimum absolute atomic E-state index is 0.691. The lowest BCUT2D eigenvalue weighted by Crippen LogP contribution is -1.97. The lowest BCUT2D eigenvalue weighted by molar-refractivity contribution is 1.19. The van der Waals surface area contributed by atoms with Gasteiger partial charge in [-0.3, -0.25) is 0 Å². The predicted octanol–water partition coefficient (Wildman–Crippen LogP) is 17.2. The smallest absolute Gasteiger partial charge is 0.160 e. The molecular weight excluding hydrogens is 811 g/mol. The summed E-state index contributed by atoms with van der Waals surface area (Å²) in [6, 6.07) is 78.0. The number of nitrogens with zero attached hydrogens (tertiary/aromatic N) is 3. The van der Waals surface area contributed by atoms with Gasteiger partial charge in [0.15, 0.2) is 5.82 Å². The van der Waals surface area contributed by atoms with Gasteiger partial charge >= 0.3 is 0 Å². The number of rotatable bonds is 8. The SMILES string of the molecule is C/C=C\C=C/c1cc(-c2ccc(-c3ccc(-c4nc(-c5cccc6ccccc56)cc(-c5cccc6ccccc56)n4)cc3)cc2)cc2c(-c3ccc4ccccc4c3)nc3ccccc3c12. The van der Waals surface area contributed by atoms with Crippen LogP contribution >= 0.6 is 0 Å². The van der Waals surface area contributed by atoms with Crippen LogP contribution in [0.15, 0.2) is 237 Å². The number of allylic oxidation sites excluding steroid dienone is 3. The second-order valence-corrected chi connectivity index (χ2v) is 17.1. The molecule has 2 aromatic heterocycles. The molecule has 12 aromatic rings. The summed E-state index contributed by atoms with van der Waals surface area (Å²) in [5, 5.41) is 10.6. The maximum absolute atomic E-state index is 5.35. The number of aromatic nitrogens is 3. The third-order valence-electron chi connectivity index (χ3n) is 13.0. The fourth-order valence-corrected chi connectivity index (χ4v) is 9.66. The van der Waals surface area contributed by atoms with E-state index in [-0.39, 0.29) is 0 Å². The highest BCUT2D eigenvalue weighted by molar-refractivity contribution is 6.16. The van der Waals surface area contributed by atoms with E-state index in [9.17, 15) is 0 Å². The van der Waals surface area contributed by atoms with Gasteiger partial charge in [-0.15, -0.1) is 0 Å².